The third kappa shape index (κ3) is 7.86. The summed E-state index contributed by atoms with van der Waals surface area (Å²) in [5.74, 6) is -1.43. The Morgan fingerprint density at radius 3 is 2.45 bits per heavy atom. The summed E-state index contributed by atoms with van der Waals surface area (Å²) in [5, 5.41) is 23.1. The average molecular weight is 686 g/mol. The molecule has 10 nitrogen and oxygen atoms in total. The van der Waals surface area contributed by atoms with Gasteiger partial charge in [0, 0.05) is 61.5 Å². The molecule has 1 saturated heterocycles. The van der Waals surface area contributed by atoms with Crippen LogP contribution in [0.3, 0.4) is 0 Å². The molecular formula is C35H35F4N3O7. The second kappa shape index (κ2) is 14.7. The molecule has 0 radical (unpaired) electrons. The minimum atomic E-state index is -5.10. The Kier molecular flexibility index (Phi) is 10.6. The predicted octanol–water partition coefficient (Wildman–Crippen LogP) is 6.62. The first-order valence-corrected chi connectivity index (χ1v) is 15.5. The zero-order valence-corrected chi connectivity index (χ0v) is 26.8. The SMILES string of the molecule is CCOC(=O)C=Cc1cc(F)c(OC2CCN(CC(O)(c3cn(Cc4ccccc4)c4cc([N+](=O)[O-])ccc34)C(F)(F)F)CC2)c(OC)c1. The second-order valence-electron chi connectivity index (χ2n) is 11.7. The highest BCUT2D eigenvalue weighted by Crippen LogP contribution is 2.44. The van der Waals surface area contributed by atoms with Crippen LogP contribution >= 0.6 is 0 Å². The van der Waals surface area contributed by atoms with Crippen LogP contribution in [0.4, 0.5) is 23.2 Å². The van der Waals surface area contributed by atoms with E-state index in [4.69, 9.17) is 14.2 Å². The van der Waals surface area contributed by atoms with E-state index in [9.17, 15) is 33.2 Å². The summed E-state index contributed by atoms with van der Waals surface area (Å²) in [4.78, 5) is 24.0. The molecule has 3 aromatic carbocycles. The van der Waals surface area contributed by atoms with Gasteiger partial charge in [-0.1, -0.05) is 30.3 Å². The van der Waals surface area contributed by atoms with Gasteiger partial charge in [0.2, 0.25) is 5.60 Å². The summed E-state index contributed by atoms with van der Waals surface area (Å²) >= 11 is 0. The van der Waals surface area contributed by atoms with Crippen molar-refractivity contribution in [3.8, 4) is 11.5 Å². The number of β-amino-alcohol motifs (C(OH)–C–C–N with tert-alkyl or cyclic N) is 1. The van der Waals surface area contributed by atoms with Gasteiger partial charge in [0.1, 0.15) is 6.10 Å². The molecule has 0 aliphatic carbocycles. The van der Waals surface area contributed by atoms with Gasteiger partial charge in [-0.15, -0.1) is 0 Å². The highest BCUT2D eigenvalue weighted by atomic mass is 19.4. The number of likely N-dealkylation sites (tertiary alicyclic amines) is 1. The smallest absolute Gasteiger partial charge is 0.422 e. The fourth-order valence-electron chi connectivity index (χ4n) is 5.94. The van der Waals surface area contributed by atoms with Crippen LogP contribution in [0, 0.1) is 15.9 Å². The summed E-state index contributed by atoms with van der Waals surface area (Å²) in [6.07, 6.45) is -1.48. The number of aromatic nitrogens is 1. The van der Waals surface area contributed by atoms with Gasteiger partial charge in [-0.25, -0.2) is 9.18 Å². The van der Waals surface area contributed by atoms with E-state index in [1.165, 1.54) is 47.0 Å². The molecule has 4 aromatic rings. The van der Waals surface area contributed by atoms with E-state index < -0.39 is 46.7 Å². The lowest BCUT2D eigenvalue weighted by molar-refractivity contribution is -0.384. The molecule has 1 aliphatic rings. The van der Waals surface area contributed by atoms with Crippen molar-refractivity contribution in [3.63, 3.8) is 0 Å². The maximum Gasteiger partial charge on any atom is 0.422 e. The molecule has 1 aliphatic heterocycles. The highest BCUT2D eigenvalue weighted by molar-refractivity contribution is 5.88. The van der Waals surface area contributed by atoms with Crippen LogP contribution in [0.2, 0.25) is 0 Å². The first-order valence-electron chi connectivity index (χ1n) is 15.5. The number of piperidine rings is 1. The van der Waals surface area contributed by atoms with E-state index in [1.807, 2.05) is 0 Å². The number of nitrogens with zero attached hydrogens (tertiary/aromatic N) is 3. The molecule has 5 rings (SSSR count). The van der Waals surface area contributed by atoms with Crippen molar-refractivity contribution in [3.05, 3.63) is 106 Å². The van der Waals surface area contributed by atoms with Crippen molar-refractivity contribution >= 4 is 28.6 Å². The highest BCUT2D eigenvalue weighted by Gasteiger charge is 2.57. The maximum absolute atomic E-state index is 15.1. The Bertz CT molecular complexity index is 1840. The topological polar surface area (TPSA) is 116 Å². The lowest BCUT2D eigenvalue weighted by atomic mass is 9.91. The van der Waals surface area contributed by atoms with Crippen LogP contribution < -0.4 is 9.47 Å². The van der Waals surface area contributed by atoms with Gasteiger partial charge in [-0.05, 0) is 55.2 Å². The molecule has 0 saturated carbocycles. The lowest BCUT2D eigenvalue weighted by Gasteiger charge is -2.39. The van der Waals surface area contributed by atoms with Gasteiger partial charge < -0.3 is 23.9 Å². The van der Waals surface area contributed by atoms with Crippen molar-refractivity contribution < 1.29 is 46.6 Å². The number of carbonyl (C=O) groups excluding carboxylic acids is 1. The molecule has 49 heavy (non-hydrogen) atoms. The number of aliphatic hydroxyl groups is 1. The first-order chi connectivity index (χ1) is 23.3. The number of non-ortho nitro benzene ring substituents is 1. The standard InChI is InChI=1S/C35H35F4N3O7/c1-3-48-32(43)12-9-24-17-29(36)33(31(18-24)47-2)49-26-13-15-40(16-14-26)22-34(44,35(37,38)39)28-21-41(20-23-7-5-4-6-8-23)30-19-25(42(45)46)10-11-27(28)30/h4-12,17-19,21,26,44H,3,13-16,20,22H2,1-2H3. The molecule has 2 heterocycles. The summed E-state index contributed by atoms with van der Waals surface area (Å²) in [5.41, 5.74) is -2.76. The van der Waals surface area contributed by atoms with E-state index in [0.29, 0.717) is 5.56 Å². The number of hydrogen-bond acceptors (Lipinski definition) is 8. The van der Waals surface area contributed by atoms with Crippen molar-refractivity contribution in [2.24, 2.45) is 0 Å². The monoisotopic (exact) mass is 685 g/mol. The number of halogens is 4. The number of methoxy groups -OCH3 is 1. The Balaban J connectivity index is 1.36. The number of nitro groups is 1. The maximum atomic E-state index is 15.1. The number of esters is 1. The predicted molar refractivity (Wildman–Crippen MR) is 173 cm³/mol. The van der Waals surface area contributed by atoms with E-state index in [0.717, 1.165) is 23.8 Å². The fraction of sp³-hybridized carbons (Fsp3) is 0.343. The molecule has 0 spiro atoms. The van der Waals surface area contributed by atoms with E-state index in [1.54, 1.807) is 37.3 Å². The summed E-state index contributed by atoms with van der Waals surface area (Å²) < 4.78 is 77.3. The number of alkyl halides is 3. The Morgan fingerprint density at radius 1 is 1.10 bits per heavy atom. The number of fused-ring (bicyclic) bond motifs is 1. The van der Waals surface area contributed by atoms with Gasteiger partial charge in [-0.3, -0.25) is 15.0 Å². The molecule has 0 amide bonds. The molecular weight excluding hydrogens is 650 g/mol. The lowest BCUT2D eigenvalue weighted by Crippen LogP contribution is -2.53. The first kappa shape index (κ1) is 35.4. The van der Waals surface area contributed by atoms with E-state index >= 15 is 4.39 Å². The van der Waals surface area contributed by atoms with Crippen LogP contribution in [-0.2, 0) is 21.7 Å². The molecule has 1 aromatic heterocycles. The van der Waals surface area contributed by atoms with Crippen molar-refractivity contribution in [1.82, 2.24) is 9.47 Å². The number of nitro benzene ring substituents is 1. The minimum absolute atomic E-state index is 0.0442. The molecule has 0 bridgehead atoms. The van der Waals surface area contributed by atoms with Crippen molar-refractivity contribution in [1.29, 1.82) is 0 Å². The van der Waals surface area contributed by atoms with Gasteiger partial charge in [0.25, 0.3) is 5.69 Å². The molecule has 14 heteroatoms. The van der Waals surface area contributed by atoms with E-state index in [2.05, 4.69) is 0 Å². The Morgan fingerprint density at radius 2 is 1.82 bits per heavy atom. The summed E-state index contributed by atoms with van der Waals surface area (Å²) in [6, 6.07) is 15.1. The number of ether oxygens (including phenoxy) is 3. The van der Waals surface area contributed by atoms with Crippen LogP contribution in [-0.4, -0.2) is 71.1 Å². The number of hydrogen-bond donors (Lipinski definition) is 1. The van der Waals surface area contributed by atoms with E-state index in [-0.39, 0.29) is 67.2 Å². The zero-order valence-electron chi connectivity index (χ0n) is 26.8. The minimum Gasteiger partial charge on any atom is -0.493 e. The Labute approximate surface area is 279 Å². The van der Waals surface area contributed by atoms with Crippen LogP contribution in [0.15, 0.2) is 72.9 Å². The van der Waals surface area contributed by atoms with Gasteiger partial charge >= 0.3 is 12.1 Å². The van der Waals surface area contributed by atoms with Crippen molar-refractivity contribution in [2.45, 2.75) is 44.2 Å². The zero-order chi connectivity index (χ0) is 35.3. The molecule has 1 unspecified atom stereocenters. The summed E-state index contributed by atoms with van der Waals surface area (Å²) in [6.45, 7) is 1.37. The normalized spacial score (nSPS) is 15.7. The third-order valence-electron chi connectivity index (χ3n) is 8.41. The van der Waals surface area contributed by atoms with Crippen LogP contribution in [0.1, 0.15) is 36.5 Å². The van der Waals surface area contributed by atoms with Crippen LogP contribution in [0.5, 0.6) is 11.5 Å². The molecule has 1 atom stereocenters. The van der Waals surface area contributed by atoms with Crippen LogP contribution in [0.25, 0.3) is 17.0 Å². The van der Waals surface area contributed by atoms with Gasteiger partial charge in [-0.2, -0.15) is 13.2 Å². The second-order valence-corrected chi connectivity index (χ2v) is 11.7. The van der Waals surface area contributed by atoms with Crippen molar-refractivity contribution in [2.75, 3.05) is 33.4 Å². The quantitative estimate of drug-likeness (QED) is 0.0582. The number of rotatable bonds is 12. The largest absolute Gasteiger partial charge is 0.493 e. The molecule has 260 valence electrons. The third-order valence-corrected chi connectivity index (χ3v) is 8.41. The van der Waals surface area contributed by atoms with Gasteiger partial charge in [0.15, 0.2) is 17.3 Å². The summed E-state index contributed by atoms with van der Waals surface area (Å²) in [7, 11) is 1.33. The number of benzene rings is 3. The average Bonchev–Trinajstić information content (AvgIpc) is 3.43. The molecule has 1 N–H and O–H groups in total. The fourth-order valence-corrected chi connectivity index (χ4v) is 5.94. The molecule has 1 fully saturated rings. The van der Waals surface area contributed by atoms with Gasteiger partial charge in [0.05, 0.1) is 24.2 Å². The number of carbonyl (C=O) groups is 1. The Hall–Kier alpha value is -4.95.